The number of hydrogen-bond acceptors (Lipinski definition) is 7. The molecule has 0 unspecified atom stereocenters. The van der Waals surface area contributed by atoms with Crippen LogP contribution in [0.25, 0.3) is 11.3 Å². The van der Waals surface area contributed by atoms with Crippen LogP contribution in [0.1, 0.15) is 25.0 Å². The normalized spacial score (nSPS) is 11.7. The van der Waals surface area contributed by atoms with Gasteiger partial charge in [0, 0.05) is 28.2 Å². The molecule has 186 valence electrons. The van der Waals surface area contributed by atoms with Crippen LogP contribution in [-0.2, 0) is 25.7 Å². The summed E-state index contributed by atoms with van der Waals surface area (Å²) in [5.41, 5.74) is 1.25. The van der Waals surface area contributed by atoms with Crippen molar-refractivity contribution in [3.8, 4) is 17.3 Å². The van der Waals surface area contributed by atoms with Crippen LogP contribution in [0.2, 0.25) is 10.0 Å². The van der Waals surface area contributed by atoms with Crippen LogP contribution in [0.4, 0.5) is 5.82 Å². The molecule has 0 aliphatic carbocycles. The van der Waals surface area contributed by atoms with Crippen molar-refractivity contribution in [1.82, 2.24) is 9.97 Å². The molecular formula is C23H24Cl2N3O6P. The maximum Gasteiger partial charge on any atom is 0.527 e. The Kier molecular flexibility index (Phi) is 8.41. The highest BCUT2D eigenvalue weighted by molar-refractivity contribution is 7.46. The van der Waals surface area contributed by atoms with E-state index in [9.17, 15) is 9.36 Å². The number of nitrogens with zero attached hydrogens (tertiary/aromatic N) is 2. The summed E-state index contributed by atoms with van der Waals surface area (Å²) in [6, 6.07) is 14.1. The van der Waals surface area contributed by atoms with E-state index in [1.165, 1.54) is 21.0 Å². The Labute approximate surface area is 212 Å². The number of benzene rings is 2. The quantitative estimate of drug-likeness (QED) is 0.320. The fourth-order valence-corrected chi connectivity index (χ4v) is 4.16. The lowest BCUT2D eigenvalue weighted by Crippen LogP contribution is -2.30. The third-order valence-electron chi connectivity index (χ3n) is 5.20. The number of carbonyl (C=O) groups is 1. The van der Waals surface area contributed by atoms with Gasteiger partial charge in [0.05, 0.1) is 18.2 Å². The van der Waals surface area contributed by atoms with Gasteiger partial charge in [0.2, 0.25) is 0 Å². The lowest BCUT2D eigenvalue weighted by atomic mass is 9.84. The van der Waals surface area contributed by atoms with Crippen LogP contribution in [-0.4, -0.2) is 39.4 Å². The molecule has 12 heteroatoms. The maximum atomic E-state index is 12.4. The van der Waals surface area contributed by atoms with E-state index in [0.29, 0.717) is 45.6 Å². The number of phosphoric acid groups is 1. The van der Waals surface area contributed by atoms with Crippen molar-refractivity contribution in [2.24, 2.45) is 0 Å². The Morgan fingerprint density at radius 3 is 2.51 bits per heavy atom. The molecular weight excluding hydrogens is 516 g/mol. The average molecular weight is 540 g/mol. The number of hydrogen-bond donors (Lipinski definition) is 3. The van der Waals surface area contributed by atoms with Crippen molar-refractivity contribution in [3.05, 3.63) is 69.7 Å². The molecule has 3 N–H and O–H groups in total. The lowest BCUT2D eigenvalue weighted by Gasteiger charge is -2.23. The third-order valence-corrected chi connectivity index (χ3v) is 6.19. The minimum Gasteiger partial charge on any atom is -0.467 e. The first-order valence-electron chi connectivity index (χ1n) is 10.4. The fourth-order valence-electron chi connectivity index (χ4n) is 3.21. The van der Waals surface area contributed by atoms with E-state index in [2.05, 4.69) is 19.8 Å². The molecule has 2 aromatic carbocycles. The summed E-state index contributed by atoms with van der Waals surface area (Å²) in [6.45, 7) is 3.56. The molecule has 0 saturated heterocycles. The predicted molar refractivity (Wildman–Crippen MR) is 134 cm³/mol. The first-order valence-corrected chi connectivity index (χ1v) is 12.7. The molecule has 0 fully saturated rings. The van der Waals surface area contributed by atoms with E-state index in [4.69, 9.17) is 37.7 Å². The first-order chi connectivity index (χ1) is 16.4. The number of carbonyl (C=O) groups excluding carboxylic acids is 1. The second kappa shape index (κ2) is 10.9. The van der Waals surface area contributed by atoms with Crippen LogP contribution in [0.15, 0.2) is 48.5 Å². The highest BCUT2D eigenvalue weighted by Crippen LogP contribution is 2.40. The third kappa shape index (κ3) is 7.16. The van der Waals surface area contributed by atoms with Crippen LogP contribution in [0.5, 0.6) is 6.01 Å². The molecule has 0 amide bonds. The second-order valence-electron chi connectivity index (χ2n) is 8.11. The fraction of sp³-hybridized carbons (Fsp3) is 0.261. The Balaban J connectivity index is 1.84. The van der Waals surface area contributed by atoms with Gasteiger partial charge in [-0.15, -0.1) is 0 Å². The number of rotatable bonds is 9. The summed E-state index contributed by atoms with van der Waals surface area (Å²) >= 11 is 12.2. The largest absolute Gasteiger partial charge is 0.527 e. The smallest absolute Gasteiger partial charge is 0.467 e. The molecule has 9 nitrogen and oxygen atoms in total. The summed E-state index contributed by atoms with van der Waals surface area (Å²) in [5.74, 6) is -0.533. The van der Waals surface area contributed by atoms with Gasteiger partial charge >= 0.3 is 19.8 Å². The molecule has 0 saturated carbocycles. The zero-order valence-corrected chi connectivity index (χ0v) is 21.6. The Bertz CT molecular complexity index is 1280. The SMILES string of the molecule is COc1nc(NCCc2ccc(Cl)cc2Cl)cc(-c2cccc(C(C)(C)C(=O)OP(=O)(O)O)c2)n1. The van der Waals surface area contributed by atoms with Crippen molar-refractivity contribution in [3.63, 3.8) is 0 Å². The molecule has 0 bridgehead atoms. The maximum absolute atomic E-state index is 12.4. The second-order valence-corrected chi connectivity index (χ2v) is 10.1. The van der Waals surface area contributed by atoms with Crippen LogP contribution in [0, 0.1) is 0 Å². The molecule has 3 rings (SSSR count). The van der Waals surface area contributed by atoms with Gasteiger partial charge in [0.1, 0.15) is 5.82 Å². The van der Waals surface area contributed by atoms with E-state index in [1.54, 1.807) is 42.5 Å². The van der Waals surface area contributed by atoms with Gasteiger partial charge in [-0.1, -0.05) is 47.5 Å². The van der Waals surface area contributed by atoms with E-state index >= 15 is 0 Å². The molecule has 0 aliphatic rings. The highest BCUT2D eigenvalue weighted by atomic mass is 35.5. The van der Waals surface area contributed by atoms with Crippen molar-refractivity contribution >= 4 is 42.8 Å². The number of ether oxygens (including phenoxy) is 1. The van der Waals surface area contributed by atoms with Crippen LogP contribution < -0.4 is 10.1 Å². The summed E-state index contributed by atoms with van der Waals surface area (Å²) in [5, 5.41) is 4.37. The van der Waals surface area contributed by atoms with Gasteiger partial charge in [-0.3, -0.25) is 14.6 Å². The zero-order chi connectivity index (χ0) is 25.8. The monoisotopic (exact) mass is 539 g/mol. The molecule has 35 heavy (non-hydrogen) atoms. The Morgan fingerprint density at radius 2 is 1.86 bits per heavy atom. The Hall–Kier alpha value is -2.68. The number of nitrogens with one attached hydrogen (secondary N) is 1. The number of aromatic nitrogens is 2. The van der Waals surface area contributed by atoms with Gasteiger partial charge in [-0.25, -0.2) is 4.57 Å². The molecule has 1 aromatic heterocycles. The summed E-state index contributed by atoms with van der Waals surface area (Å²) in [4.78, 5) is 39.1. The van der Waals surface area contributed by atoms with Crippen molar-refractivity contribution < 1.29 is 28.4 Å². The van der Waals surface area contributed by atoms with Gasteiger partial charge in [0.25, 0.3) is 0 Å². The predicted octanol–water partition coefficient (Wildman–Crippen LogP) is 5.03. The average Bonchev–Trinajstić information content (AvgIpc) is 2.79. The number of anilines is 1. The van der Waals surface area contributed by atoms with E-state index in [0.717, 1.165) is 5.56 Å². The standard InChI is InChI=1S/C23H24Cl2N3O6P/c1-23(2,21(29)34-35(30,31)32)16-6-4-5-15(11-16)19-13-20(28-22(27-19)33-3)26-10-9-14-7-8-17(24)12-18(14)25/h4-8,11-13H,9-10H2,1-3H3,(H,26,27,28)(H2,30,31,32). The number of methoxy groups -OCH3 is 1. The van der Waals surface area contributed by atoms with E-state index in [1.807, 2.05) is 6.07 Å². The molecule has 0 atom stereocenters. The summed E-state index contributed by atoms with van der Waals surface area (Å²) in [6.07, 6.45) is 0.628. The number of phosphoric ester groups is 1. The van der Waals surface area contributed by atoms with E-state index < -0.39 is 19.2 Å². The Morgan fingerprint density at radius 1 is 1.11 bits per heavy atom. The molecule has 1 heterocycles. The van der Waals surface area contributed by atoms with Crippen LogP contribution >= 0.6 is 31.0 Å². The zero-order valence-electron chi connectivity index (χ0n) is 19.2. The van der Waals surface area contributed by atoms with Crippen molar-refractivity contribution in [2.75, 3.05) is 19.0 Å². The molecule has 0 spiro atoms. The van der Waals surface area contributed by atoms with Gasteiger partial charge in [-0.2, -0.15) is 9.97 Å². The van der Waals surface area contributed by atoms with Gasteiger partial charge in [0.15, 0.2) is 0 Å². The van der Waals surface area contributed by atoms with Gasteiger partial charge < -0.3 is 14.6 Å². The topological polar surface area (TPSA) is 131 Å². The molecule has 0 radical (unpaired) electrons. The minimum atomic E-state index is -4.97. The molecule has 3 aromatic rings. The first kappa shape index (κ1) is 26.9. The van der Waals surface area contributed by atoms with Gasteiger partial charge in [-0.05, 0) is 49.6 Å². The minimum absolute atomic E-state index is 0.139. The number of halogens is 2. The summed E-state index contributed by atoms with van der Waals surface area (Å²) < 4.78 is 20.7. The molecule has 0 aliphatic heterocycles. The lowest BCUT2D eigenvalue weighted by molar-refractivity contribution is -0.141. The van der Waals surface area contributed by atoms with Crippen molar-refractivity contribution in [1.29, 1.82) is 0 Å². The highest BCUT2D eigenvalue weighted by Gasteiger charge is 2.36. The van der Waals surface area contributed by atoms with Crippen molar-refractivity contribution in [2.45, 2.75) is 25.7 Å². The van der Waals surface area contributed by atoms with Crippen LogP contribution in [0.3, 0.4) is 0 Å². The van der Waals surface area contributed by atoms with E-state index in [-0.39, 0.29) is 6.01 Å². The summed E-state index contributed by atoms with van der Waals surface area (Å²) in [7, 11) is -3.52.